The van der Waals surface area contributed by atoms with E-state index in [4.69, 9.17) is 10.2 Å². The van der Waals surface area contributed by atoms with E-state index >= 15 is 0 Å². The molecular formula is C21H22N2O3. The van der Waals surface area contributed by atoms with E-state index in [1.165, 1.54) is 5.56 Å². The van der Waals surface area contributed by atoms with Crippen LogP contribution in [0.25, 0.3) is 11.0 Å². The Hall–Kier alpha value is -2.92. The maximum absolute atomic E-state index is 12.4. The lowest BCUT2D eigenvalue weighted by molar-refractivity contribution is 0.0947. The number of hydrogen-bond donors (Lipinski definition) is 2. The molecule has 3 aromatic rings. The van der Waals surface area contributed by atoms with Crippen molar-refractivity contribution in [1.29, 1.82) is 0 Å². The molecule has 26 heavy (non-hydrogen) atoms. The van der Waals surface area contributed by atoms with Crippen LogP contribution in [0.1, 0.15) is 47.3 Å². The number of hydrogen-bond acceptors (Lipinski definition) is 4. The molecule has 2 aromatic carbocycles. The number of amides is 1. The van der Waals surface area contributed by atoms with Gasteiger partial charge in [0.05, 0.1) is 0 Å². The first-order valence-electron chi connectivity index (χ1n) is 8.62. The molecule has 5 heteroatoms. The van der Waals surface area contributed by atoms with Gasteiger partial charge in [0.25, 0.3) is 5.91 Å². The summed E-state index contributed by atoms with van der Waals surface area (Å²) in [5, 5.41) is 3.42. The number of fused-ring (bicyclic) bond motifs is 1. The Bertz CT molecular complexity index is 974. The normalized spacial score (nSPS) is 12.3. The van der Waals surface area contributed by atoms with E-state index < -0.39 is 11.5 Å². The standard InChI is InChI=1S/C21H22N2O3/c1-13(2)14-7-9-15(10-8-14)18(22)12-23-20(24)17-11-16-5-3-4-6-19(16)26-21(17)25/h3-11,13,18H,12,22H2,1-2H3,(H,23,24)/t18-/m0/s1. The van der Waals surface area contributed by atoms with Gasteiger partial charge in [-0.15, -0.1) is 0 Å². The average molecular weight is 350 g/mol. The molecule has 0 aliphatic heterocycles. The minimum atomic E-state index is -0.656. The molecule has 1 atom stereocenters. The molecule has 0 unspecified atom stereocenters. The number of rotatable bonds is 5. The van der Waals surface area contributed by atoms with Crippen LogP contribution in [-0.2, 0) is 0 Å². The molecule has 0 aliphatic rings. The quantitative estimate of drug-likeness (QED) is 0.691. The van der Waals surface area contributed by atoms with Crippen LogP contribution in [0.15, 0.2) is 63.8 Å². The van der Waals surface area contributed by atoms with Crippen molar-refractivity contribution in [3.8, 4) is 0 Å². The van der Waals surface area contributed by atoms with Crippen molar-refractivity contribution in [2.75, 3.05) is 6.54 Å². The summed E-state index contributed by atoms with van der Waals surface area (Å²) in [5.74, 6) is -0.0362. The Morgan fingerprint density at radius 1 is 1.08 bits per heavy atom. The Morgan fingerprint density at radius 2 is 1.73 bits per heavy atom. The van der Waals surface area contributed by atoms with E-state index in [9.17, 15) is 9.59 Å². The van der Waals surface area contributed by atoms with Crippen LogP contribution >= 0.6 is 0 Å². The monoisotopic (exact) mass is 350 g/mol. The number of nitrogens with two attached hydrogens (primary N) is 1. The van der Waals surface area contributed by atoms with Crippen LogP contribution in [0.5, 0.6) is 0 Å². The number of benzene rings is 2. The van der Waals surface area contributed by atoms with E-state index in [0.29, 0.717) is 16.9 Å². The number of para-hydroxylation sites is 1. The van der Waals surface area contributed by atoms with E-state index in [0.717, 1.165) is 5.56 Å². The summed E-state index contributed by atoms with van der Waals surface area (Å²) in [7, 11) is 0. The zero-order valence-corrected chi connectivity index (χ0v) is 14.9. The second-order valence-electron chi connectivity index (χ2n) is 6.62. The van der Waals surface area contributed by atoms with Gasteiger partial charge in [0.15, 0.2) is 0 Å². The van der Waals surface area contributed by atoms with Crippen molar-refractivity contribution in [3.05, 3.63) is 81.7 Å². The molecule has 0 saturated carbocycles. The lowest BCUT2D eigenvalue weighted by Crippen LogP contribution is -2.34. The largest absolute Gasteiger partial charge is 0.422 e. The molecule has 5 nitrogen and oxygen atoms in total. The fraction of sp³-hybridized carbons (Fsp3) is 0.238. The van der Waals surface area contributed by atoms with Crippen LogP contribution < -0.4 is 16.7 Å². The van der Waals surface area contributed by atoms with Gasteiger partial charge in [0.1, 0.15) is 11.1 Å². The van der Waals surface area contributed by atoms with Gasteiger partial charge in [-0.05, 0) is 29.2 Å². The topological polar surface area (TPSA) is 85.3 Å². The van der Waals surface area contributed by atoms with Crippen molar-refractivity contribution in [1.82, 2.24) is 5.32 Å². The van der Waals surface area contributed by atoms with Gasteiger partial charge in [0.2, 0.25) is 0 Å². The first-order chi connectivity index (χ1) is 12.5. The van der Waals surface area contributed by atoms with Gasteiger partial charge in [-0.3, -0.25) is 4.79 Å². The summed E-state index contributed by atoms with van der Waals surface area (Å²) in [4.78, 5) is 24.4. The second kappa shape index (κ2) is 7.54. The molecule has 0 fully saturated rings. The Kier molecular flexibility index (Phi) is 5.19. The third-order valence-corrected chi connectivity index (χ3v) is 4.40. The van der Waals surface area contributed by atoms with Gasteiger partial charge in [-0.25, -0.2) is 4.79 Å². The maximum atomic E-state index is 12.4. The molecule has 1 heterocycles. The first-order valence-corrected chi connectivity index (χ1v) is 8.62. The Labute approximate surface area is 151 Å². The molecule has 3 N–H and O–H groups in total. The Morgan fingerprint density at radius 3 is 2.42 bits per heavy atom. The zero-order valence-electron chi connectivity index (χ0n) is 14.9. The first kappa shape index (κ1) is 17.9. The summed E-state index contributed by atoms with van der Waals surface area (Å²) in [6.45, 7) is 4.49. The fourth-order valence-electron chi connectivity index (χ4n) is 2.76. The van der Waals surface area contributed by atoms with Crippen LogP contribution in [0, 0.1) is 0 Å². The van der Waals surface area contributed by atoms with Crippen molar-refractivity contribution in [2.24, 2.45) is 5.73 Å². The zero-order chi connectivity index (χ0) is 18.7. The summed E-state index contributed by atoms with van der Waals surface area (Å²) in [6, 6.07) is 16.3. The predicted octanol–water partition coefficient (Wildman–Crippen LogP) is 3.35. The van der Waals surface area contributed by atoms with Crippen molar-refractivity contribution in [2.45, 2.75) is 25.8 Å². The highest BCUT2D eigenvalue weighted by Gasteiger charge is 2.15. The Balaban J connectivity index is 1.70. The second-order valence-corrected chi connectivity index (χ2v) is 6.62. The number of carbonyl (C=O) groups is 1. The van der Waals surface area contributed by atoms with E-state index in [1.807, 2.05) is 30.3 Å². The van der Waals surface area contributed by atoms with E-state index in [2.05, 4.69) is 19.2 Å². The number of carbonyl (C=O) groups excluding carboxylic acids is 1. The molecular weight excluding hydrogens is 328 g/mol. The van der Waals surface area contributed by atoms with Crippen molar-refractivity contribution < 1.29 is 9.21 Å². The summed E-state index contributed by atoms with van der Waals surface area (Å²) in [5.41, 5.74) is 8.10. The maximum Gasteiger partial charge on any atom is 0.349 e. The van der Waals surface area contributed by atoms with Gasteiger partial charge >= 0.3 is 5.63 Å². The molecule has 0 aliphatic carbocycles. The van der Waals surface area contributed by atoms with Crippen LogP contribution in [0.2, 0.25) is 0 Å². The lowest BCUT2D eigenvalue weighted by atomic mass is 9.99. The van der Waals surface area contributed by atoms with E-state index in [-0.39, 0.29) is 18.2 Å². The molecule has 1 aromatic heterocycles. The average Bonchev–Trinajstić information content (AvgIpc) is 2.65. The predicted molar refractivity (Wildman–Crippen MR) is 102 cm³/mol. The third-order valence-electron chi connectivity index (χ3n) is 4.40. The van der Waals surface area contributed by atoms with Crippen molar-refractivity contribution >= 4 is 16.9 Å². The minimum Gasteiger partial charge on any atom is -0.422 e. The molecule has 1 amide bonds. The molecule has 0 bridgehead atoms. The highest BCUT2D eigenvalue weighted by molar-refractivity contribution is 5.96. The minimum absolute atomic E-state index is 0.0222. The molecule has 0 saturated heterocycles. The van der Waals surface area contributed by atoms with Gasteiger partial charge in [0, 0.05) is 18.0 Å². The van der Waals surface area contributed by atoms with Crippen LogP contribution in [0.4, 0.5) is 0 Å². The third kappa shape index (κ3) is 3.83. The van der Waals surface area contributed by atoms with Gasteiger partial charge in [-0.2, -0.15) is 0 Å². The highest BCUT2D eigenvalue weighted by atomic mass is 16.4. The molecule has 3 rings (SSSR count). The molecule has 134 valence electrons. The summed E-state index contributed by atoms with van der Waals surface area (Å²) < 4.78 is 5.19. The highest BCUT2D eigenvalue weighted by Crippen LogP contribution is 2.17. The van der Waals surface area contributed by atoms with Crippen LogP contribution in [-0.4, -0.2) is 12.5 Å². The summed E-state index contributed by atoms with van der Waals surface area (Å²) in [6.07, 6.45) is 0. The summed E-state index contributed by atoms with van der Waals surface area (Å²) >= 11 is 0. The van der Waals surface area contributed by atoms with Gasteiger partial charge < -0.3 is 15.5 Å². The SMILES string of the molecule is CC(C)c1ccc([C@@H](N)CNC(=O)c2cc3ccccc3oc2=O)cc1. The lowest BCUT2D eigenvalue weighted by Gasteiger charge is -2.14. The van der Waals surface area contributed by atoms with Crippen molar-refractivity contribution in [3.63, 3.8) is 0 Å². The van der Waals surface area contributed by atoms with E-state index in [1.54, 1.807) is 24.3 Å². The van der Waals surface area contributed by atoms with Crippen LogP contribution in [0.3, 0.4) is 0 Å². The number of nitrogens with one attached hydrogen (secondary N) is 1. The molecule has 0 spiro atoms. The fourth-order valence-corrected chi connectivity index (χ4v) is 2.76. The smallest absolute Gasteiger partial charge is 0.349 e. The molecule has 0 radical (unpaired) electrons. The van der Waals surface area contributed by atoms with Gasteiger partial charge in [-0.1, -0.05) is 56.3 Å².